The summed E-state index contributed by atoms with van der Waals surface area (Å²) in [5.74, 6) is -3.65. The first kappa shape index (κ1) is 32.4. The maximum Gasteiger partial charge on any atom is 0.309 e. The highest BCUT2D eigenvalue weighted by molar-refractivity contribution is 6.28. The molecule has 6 aliphatic rings. The summed E-state index contributed by atoms with van der Waals surface area (Å²) in [6.07, 6.45) is 8.98. The number of allylic oxidation sites excluding steroid dienone is 5. The van der Waals surface area contributed by atoms with E-state index in [2.05, 4.69) is 40.3 Å². The number of aliphatic hydroxyl groups is 1. The maximum absolute atomic E-state index is 15.6. The Morgan fingerprint density at radius 1 is 0.978 bits per heavy atom. The van der Waals surface area contributed by atoms with Crippen LogP contribution in [0.5, 0.6) is 0 Å². The molecule has 4 saturated carbocycles. The lowest BCUT2D eigenvalue weighted by atomic mass is 9.39. The number of Topliss-reactive ketones (excluding diaryl/α,β-unsaturated/α-hetero) is 3. The van der Waals surface area contributed by atoms with Crippen LogP contribution in [0, 0.1) is 62.1 Å². The number of aliphatic carboxylic acids is 1. The topological polar surface area (TPSA) is 109 Å². The van der Waals surface area contributed by atoms with Crippen LogP contribution >= 0.6 is 0 Å². The molecule has 0 aromatic heterocycles. The predicted octanol–water partition coefficient (Wildman–Crippen LogP) is 8.21. The fraction of sp³-hybridized carbons (Fsp3) is 0.744. The number of carbonyl (C=O) groups is 4. The third-order valence-electron chi connectivity index (χ3n) is 15.1. The summed E-state index contributed by atoms with van der Waals surface area (Å²) in [4.78, 5) is 58.7. The summed E-state index contributed by atoms with van der Waals surface area (Å²) in [5.41, 5.74) is -3.25. The van der Waals surface area contributed by atoms with Crippen LogP contribution in [0.25, 0.3) is 0 Å². The Hall–Kier alpha value is -2.50. The molecule has 0 amide bonds. The van der Waals surface area contributed by atoms with Gasteiger partial charge in [0.25, 0.3) is 0 Å². The van der Waals surface area contributed by atoms with Gasteiger partial charge in [0.1, 0.15) is 5.41 Å². The van der Waals surface area contributed by atoms with Crippen LogP contribution in [0.1, 0.15) is 120 Å². The quantitative estimate of drug-likeness (QED) is 0.243. The number of hydrogen-bond acceptors (Lipinski definition) is 5. The first-order valence-corrected chi connectivity index (χ1v) is 17.5. The summed E-state index contributed by atoms with van der Waals surface area (Å²) >= 11 is 0. The molecule has 246 valence electrons. The van der Waals surface area contributed by atoms with Crippen molar-refractivity contribution in [1.82, 2.24) is 0 Å². The van der Waals surface area contributed by atoms with E-state index in [9.17, 15) is 19.8 Å². The van der Waals surface area contributed by atoms with E-state index in [1.807, 2.05) is 27.7 Å². The van der Waals surface area contributed by atoms with Crippen molar-refractivity contribution in [3.8, 4) is 0 Å². The molecule has 4 fully saturated rings. The lowest BCUT2D eigenvalue weighted by molar-refractivity contribution is -0.171. The predicted molar refractivity (Wildman–Crippen MR) is 173 cm³/mol. The third kappa shape index (κ3) is 3.58. The fourth-order valence-corrected chi connectivity index (χ4v) is 13.1. The SMILES string of the molecule is C=C1CC[C@@H]2[C@](C)(CCC[C@@]2(C)C(=O)O)[C@H]1C[C@@H]1C(C)=CC[C@]23C(=O)C(O)=C(C(C)C)C(=O)[C@]12C(=O)[C@H]1C(C)(C)CCC[C@@]13C. The molecule has 0 aromatic rings. The van der Waals surface area contributed by atoms with E-state index in [1.54, 1.807) is 0 Å². The van der Waals surface area contributed by atoms with Gasteiger partial charge in [-0.05, 0) is 99.2 Å². The Bertz CT molecular complexity index is 1480. The Morgan fingerprint density at radius 3 is 2.24 bits per heavy atom. The van der Waals surface area contributed by atoms with Gasteiger partial charge < -0.3 is 10.2 Å². The summed E-state index contributed by atoms with van der Waals surface area (Å²) < 4.78 is 0. The highest BCUT2D eigenvalue weighted by Crippen LogP contribution is 2.79. The number of fused-ring (bicyclic) bond motifs is 2. The van der Waals surface area contributed by atoms with E-state index in [0.29, 0.717) is 25.7 Å². The van der Waals surface area contributed by atoms with E-state index in [1.165, 1.54) is 0 Å². The minimum absolute atomic E-state index is 0.0564. The van der Waals surface area contributed by atoms with Crippen molar-refractivity contribution < 1.29 is 29.4 Å². The highest BCUT2D eigenvalue weighted by Gasteiger charge is 2.85. The third-order valence-corrected chi connectivity index (χ3v) is 15.1. The average Bonchev–Trinajstić information content (AvgIpc) is 3.12. The van der Waals surface area contributed by atoms with E-state index >= 15 is 9.59 Å². The van der Waals surface area contributed by atoms with Crippen molar-refractivity contribution >= 4 is 23.3 Å². The summed E-state index contributed by atoms with van der Waals surface area (Å²) in [6.45, 7) is 20.7. The highest BCUT2D eigenvalue weighted by atomic mass is 16.4. The second kappa shape index (κ2) is 9.76. The fourth-order valence-electron chi connectivity index (χ4n) is 13.1. The second-order valence-corrected chi connectivity index (χ2v) is 17.7. The van der Waals surface area contributed by atoms with Crippen molar-refractivity contribution in [3.05, 3.63) is 35.1 Å². The lowest BCUT2D eigenvalue weighted by Gasteiger charge is -2.61. The largest absolute Gasteiger partial charge is 0.504 e. The van der Waals surface area contributed by atoms with Gasteiger partial charge in [0.05, 0.1) is 10.8 Å². The molecule has 0 spiro atoms. The van der Waals surface area contributed by atoms with Crippen LogP contribution in [0.3, 0.4) is 0 Å². The van der Waals surface area contributed by atoms with Gasteiger partial charge in [0.15, 0.2) is 17.3 Å². The Kier molecular flexibility index (Phi) is 7.04. The van der Waals surface area contributed by atoms with Gasteiger partial charge in [-0.3, -0.25) is 19.2 Å². The molecule has 45 heavy (non-hydrogen) atoms. The number of aliphatic hydroxyl groups excluding tert-OH is 1. The Morgan fingerprint density at radius 2 is 1.62 bits per heavy atom. The van der Waals surface area contributed by atoms with E-state index < -0.39 is 62.3 Å². The number of carbonyl (C=O) groups excluding carboxylic acids is 3. The standard InChI is InChI=1S/C39H54O6/c1-21(2)27-28(40)31(42)38-19-14-23(4)25(39(38,30(27)41)32(43)29-34(5,6)15-10-18-37(29,38)9)20-24-22(3)12-13-26-35(24,7)16-11-17-36(26,8)33(44)45/h14,21,24-26,29,40H,3,10-13,15-20H2,1-2,4-9H3,(H,44,45)/t24-,25+,26+,29-,35+,36+,37-,38+,39-/m0/s1. The zero-order chi connectivity index (χ0) is 33.3. The van der Waals surface area contributed by atoms with Crippen LogP contribution in [-0.4, -0.2) is 33.5 Å². The summed E-state index contributed by atoms with van der Waals surface area (Å²) in [5, 5.41) is 22.1. The van der Waals surface area contributed by atoms with Gasteiger partial charge in [-0.25, -0.2) is 0 Å². The molecule has 0 unspecified atom stereocenters. The van der Waals surface area contributed by atoms with Crippen molar-refractivity contribution in [2.75, 3.05) is 0 Å². The van der Waals surface area contributed by atoms with Crippen LogP contribution in [0.15, 0.2) is 35.1 Å². The molecule has 0 aliphatic heterocycles. The molecule has 0 heterocycles. The summed E-state index contributed by atoms with van der Waals surface area (Å²) in [6, 6.07) is 0. The lowest BCUT2D eigenvalue weighted by Crippen LogP contribution is -2.66. The van der Waals surface area contributed by atoms with Crippen LogP contribution in [0.4, 0.5) is 0 Å². The van der Waals surface area contributed by atoms with Gasteiger partial charge in [0, 0.05) is 17.4 Å². The smallest absolute Gasteiger partial charge is 0.309 e. The molecule has 2 N–H and O–H groups in total. The first-order valence-electron chi connectivity index (χ1n) is 17.5. The average molecular weight is 619 g/mol. The van der Waals surface area contributed by atoms with E-state index in [0.717, 1.165) is 43.3 Å². The molecular formula is C39H54O6. The molecule has 6 rings (SSSR count). The van der Waals surface area contributed by atoms with Crippen LogP contribution < -0.4 is 0 Å². The zero-order valence-corrected chi connectivity index (χ0v) is 28.8. The maximum atomic E-state index is 15.6. The molecular weight excluding hydrogens is 564 g/mol. The number of carboxylic acids is 1. The Labute approximate surface area is 269 Å². The monoisotopic (exact) mass is 618 g/mol. The Balaban J connectivity index is 1.61. The number of rotatable bonds is 4. The van der Waals surface area contributed by atoms with E-state index in [-0.39, 0.29) is 40.8 Å². The molecule has 0 radical (unpaired) electrons. The van der Waals surface area contributed by atoms with Gasteiger partial charge in [0.2, 0.25) is 5.78 Å². The number of hydrogen-bond donors (Lipinski definition) is 2. The first-order chi connectivity index (χ1) is 20.8. The molecule has 6 nitrogen and oxygen atoms in total. The second-order valence-electron chi connectivity index (χ2n) is 17.7. The normalized spacial score (nSPS) is 45.9. The van der Waals surface area contributed by atoms with Crippen molar-refractivity contribution in [1.29, 1.82) is 0 Å². The minimum Gasteiger partial charge on any atom is -0.504 e. The van der Waals surface area contributed by atoms with Gasteiger partial charge >= 0.3 is 5.97 Å². The molecule has 9 atom stereocenters. The number of carboxylic acid groups (broad SMARTS) is 1. The molecule has 6 heteroatoms. The molecule has 0 bridgehead atoms. The number of ketones is 3. The van der Waals surface area contributed by atoms with Crippen LogP contribution in [0.2, 0.25) is 0 Å². The molecule has 0 saturated heterocycles. The molecule has 6 aliphatic carbocycles. The van der Waals surface area contributed by atoms with Crippen LogP contribution in [-0.2, 0) is 19.2 Å². The van der Waals surface area contributed by atoms with Gasteiger partial charge in [-0.15, -0.1) is 0 Å². The van der Waals surface area contributed by atoms with E-state index in [4.69, 9.17) is 0 Å². The zero-order valence-electron chi connectivity index (χ0n) is 28.8. The van der Waals surface area contributed by atoms with Gasteiger partial charge in [-0.1, -0.05) is 78.2 Å². The van der Waals surface area contributed by atoms with Crippen molar-refractivity contribution in [3.63, 3.8) is 0 Å². The van der Waals surface area contributed by atoms with Gasteiger partial charge in [-0.2, -0.15) is 0 Å². The minimum atomic E-state index is -1.61. The molecule has 0 aromatic carbocycles. The summed E-state index contributed by atoms with van der Waals surface area (Å²) in [7, 11) is 0. The van der Waals surface area contributed by atoms with Crippen molar-refractivity contribution in [2.24, 2.45) is 62.1 Å². The van der Waals surface area contributed by atoms with Crippen molar-refractivity contribution in [2.45, 2.75) is 120 Å².